The number of rotatable bonds is 5. The molecule has 31 heavy (non-hydrogen) atoms. The topological polar surface area (TPSA) is 67.6 Å². The summed E-state index contributed by atoms with van der Waals surface area (Å²) < 4.78 is 34.7. The molecule has 0 radical (unpaired) electrons. The standard InChI is InChI=1S/C25H29NO4S/c1-5-8-24(27)26(31(28,29)25-17(3)13-16(2)14-18(25)4)19-11-12-23-21(15-19)20-9-6-7-10-22(20)30-23/h11-15H,5-10H2,1-4H3. The molecule has 0 atom stereocenters. The minimum atomic E-state index is -4.07. The van der Waals surface area contributed by atoms with E-state index in [4.69, 9.17) is 4.42 Å². The summed E-state index contributed by atoms with van der Waals surface area (Å²) in [5.74, 6) is 0.566. The third-order valence-corrected chi connectivity index (χ3v) is 8.02. The average Bonchev–Trinajstić information content (AvgIpc) is 3.05. The number of aryl methyl sites for hydroxylation is 5. The van der Waals surface area contributed by atoms with Gasteiger partial charge in [-0.15, -0.1) is 0 Å². The van der Waals surface area contributed by atoms with Crippen LogP contribution in [0.3, 0.4) is 0 Å². The Labute approximate surface area is 184 Å². The summed E-state index contributed by atoms with van der Waals surface area (Å²) in [4.78, 5) is 13.3. The van der Waals surface area contributed by atoms with Gasteiger partial charge in [0.2, 0.25) is 5.91 Å². The SMILES string of the molecule is CCCC(=O)N(c1ccc2oc3c(c2c1)CCCC3)S(=O)(=O)c1c(C)cc(C)cc1C. The molecule has 1 amide bonds. The molecule has 0 spiro atoms. The van der Waals surface area contributed by atoms with E-state index in [-0.39, 0.29) is 11.3 Å². The predicted octanol–water partition coefficient (Wildman–Crippen LogP) is 5.76. The van der Waals surface area contributed by atoms with Gasteiger partial charge in [-0.05, 0) is 75.8 Å². The normalized spacial score (nSPS) is 13.9. The fourth-order valence-corrected chi connectivity index (χ4v) is 6.64. The van der Waals surface area contributed by atoms with Crippen molar-refractivity contribution < 1.29 is 17.6 Å². The van der Waals surface area contributed by atoms with Crippen molar-refractivity contribution in [2.24, 2.45) is 0 Å². The molecule has 0 fully saturated rings. The molecule has 0 aliphatic heterocycles. The Morgan fingerprint density at radius 3 is 2.39 bits per heavy atom. The number of furan rings is 1. The number of fused-ring (bicyclic) bond motifs is 3. The molecule has 0 N–H and O–H groups in total. The van der Waals surface area contributed by atoms with Gasteiger partial charge in [-0.25, -0.2) is 12.7 Å². The van der Waals surface area contributed by atoms with E-state index in [2.05, 4.69) is 0 Å². The highest BCUT2D eigenvalue weighted by atomic mass is 32.2. The molecule has 4 rings (SSSR count). The van der Waals surface area contributed by atoms with E-state index in [1.54, 1.807) is 26.0 Å². The van der Waals surface area contributed by atoms with Gasteiger partial charge in [-0.3, -0.25) is 4.79 Å². The maximum Gasteiger partial charge on any atom is 0.271 e. The Morgan fingerprint density at radius 1 is 1.03 bits per heavy atom. The molecule has 5 nitrogen and oxygen atoms in total. The summed E-state index contributed by atoms with van der Waals surface area (Å²) in [5, 5.41) is 0.911. The van der Waals surface area contributed by atoms with Gasteiger partial charge in [-0.2, -0.15) is 0 Å². The van der Waals surface area contributed by atoms with E-state index in [9.17, 15) is 13.2 Å². The lowest BCUT2D eigenvalue weighted by molar-refractivity contribution is -0.117. The van der Waals surface area contributed by atoms with E-state index in [1.165, 1.54) is 0 Å². The first-order valence-electron chi connectivity index (χ1n) is 10.9. The van der Waals surface area contributed by atoms with Gasteiger partial charge in [0.15, 0.2) is 0 Å². The van der Waals surface area contributed by atoms with Crippen LogP contribution in [0.2, 0.25) is 0 Å². The van der Waals surface area contributed by atoms with Crippen LogP contribution in [0.15, 0.2) is 39.6 Å². The number of anilines is 1. The van der Waals surface area contributed by atoms with Crippen molar-refractivity contribution in [1.82, 2.24) is 0 Å². The van der Waals surface area contributed by atoms with Crippen LogP contribution in [0.25, 0.3) is 11.0 Å². The largest absolute Gasteiger partial charge is 0.461 e. The molecule has 0 bridgehead atoms. The quantitative estimate of drug-likeness (QED) is 0.507. The highest BCUT2D eigenvalue weighted by molar-refractivity contribution is 7.93. The van der Waals surface area contributed by atoms with E-state index >= 15 is 0 Å². The number of carbonyl (C=O) groups is 1. The van der Waals surface area contributed by atoms with Crippen LogP contribution in [0.5, 0.6) is 0 Å². The molecular formula is C25H29NO4S. The first kappa shape index (κ1) is 21.6. The monoisotopic (exact) mass is 439 g/mol. The lowest BCUT2D eigenvalue weighted by Gasteiger charge is -2.25. The van der Waals surface area contributed by atoms with Crippen LogP contribution >= 0.6 is 0 Å². The van der Waals surface area contributed by atoms with Gasteiger partial charge in [0.05, 0.1) is 10.6 Å². The number of hydrogen-bond donors (Lipinski definition) is 0. The van der Waals surface area contributed by atoms with Crippen LogP contribution in [-0.2, 0) is 27.7 Å². The van der Waals surface area contributed by atoms with Gasteiger partial charge in [0.1, 0.15) is 11.3 Å². The number of nitrogens with zero attached hydrogens (tertiary/aromatic N) is 1. The zero-order chi connectivity index (χ0) is 22.3. The molecular weight excluding hydrogens is 410 g/mol. The third kappa shape index (κ3) is 3.78. The summed E-state index contributed by atoms with van der Waals surface area (Å²) >= 11 is 0. The minimum Gasteiger partial charge on any atom is -0.461 e. The molecule has 6 heteroatoms. The zero-order valence-corrected chi connectivity index (χ0v) is 19.4. The second-order valence-corrected chi connectivity index (χ2v) is 10.3. The van der Waals surface area contributed by atoms with Gasteiger partial charge in [0.25, 0.3) is 10.0 Å². The van der Waals surface area contributed by atoms with E-state index in [0.29, 0.717) is 23.2 Å². The van der Waals surface area contributed by atoms with Gasteiger partial charge < -0.3 is 4.42 Å². The van der Waals surface area contributed by atoms with E-state index in [0.717, 1.165) is 57.8 Å². The Hall–Kier alpha value is -2.60. The number of amides is 1. The smallest absolute Gasteiger partial charge is 0.271 e. The second-order valence-electron chi connectivity index (χ2n) is 8.53. The maximum atomic E-state index is 13.8. The van der Waals surface area contributed by atoms with Crippen LogP contribution in [-0.4, -0.2) is 14.3 Å². The Balaban J connectivity index is 1.91. The van der Waals surface area contributed by atoms with Gasteiger partial charge in [0, 0.05) is 23.8 Å². The first-order valence-corrected chi connectivity index (χ1v) is 12.4. The molecule has 0 saturated heterocycles. The Bertz CT molecular complexity index is 1250. The molecule has 1 aromatic heterocycles. The van der Waals surface area contributed by atoms with Crippen LogP contribution in [0.1, 0.15) is 60.6 Å². The van der Waals surface area contributed by atoms with Crippen molar-refractivity contribution in [3.05, 3.63) is 58.3 Å². The summed E-state index contributed by atoms with van der Waals surface area (Å²) in [6.07, 6.45) is 4.73. The second kappa shape index (κ2) is 8.15. The highest BCUT2D eigenvalue weighted by Gasteiger charge is 2.33. The number of benzene rings is 2. The van der Waals surface area contributed by atoms with Crippen LogP contribution in [0, 0.1) is 20.8 Å². The lowest BCUT2D eigenvalue weighted by atomic mass is 9.96. The molecule has 164 valence electrons. The number of sulfonamides is 1. The van der Waals surface area contributed by atoms with Crippen LogP contribution < -0.4 is 4.31 Å². The highest BCUT2D eigenvalue weighted by Crippen LogP contribution is 2.36. The third-order valence-electron chi connectivity index (χ3n) is 5.97. The molecule has 1 aliphatic carbocycles. The molecule has 0 saturated carbocycles. The molecule has 2 aromatic carbocycles. The average molecular weight is 440 g/mol. The summed E-state index contributed by atoms with van der Waals surface area (Å²) in [6, 6.07) is 8.98. The molecule has 0 unspecified atom stereocenters. The fraction of sp³-hybridized carbons (Fsp3) is 0.400. The first-order chi connectivity index (χ1) is 14.7. The van der Waals surface area contributed by atoms with Gasteiger partial charge >= 0.3 is 0 Å². The van der Waals surface area contributed by atoms with Crippen molar-refractivity contribution in [3.63, 3.8) is 0 Å². The van der Waals surface area contributed by atoms with Crippen LogP contribution in [0.4, 0.5) is 5.69 Å². The molecule has 1 heterocycles. The summed E-state index contributed by atoms with van der Waals surface area (Å²) in [5.41, 5.74) is 4.55. The predicted molar refractivity (Wildman–Crippen MR) is 123 cm³/mol. The zero-order valence-electron chi connectivity index (χ0n) is 18.6. The van der Waals surface area contributed by atoms with Gasteiger partial charge in [-0.1, -0.05) is 24.6 Å². The van der Waals surface area contributed by atoms with E-state index in [1.807, 2.05) is 32.0 Å². The molecule has 3 aromatic rings. The number of hydrogen-bond acceptors (Lipinski definition) is 4. The summed E-state index contributed by atoms with van der Waals surface area (Å²) in [7, 11) is -4.07. The van der Waals surface area contributed by atoms with Crippen molar-refractivity contribution in [2.45, 2.75) is 71.1 Å². The van der Waals surface area contributed by atoms with Crippen molar-refractivity contribution >= 4 is 32.6 Å². The van der Waals surface area contributed by atoms with Crippen molar-refractivity contribution in [1.29, 1.82) is 0 Å². The minimum absolute atomic E-state index is 0.157. The van der Waals surface area contributed by atoms with Crippen molar-refractivity contribution in [2.75, 3.05) is 4.31 Å². The van der Waals surface area contributed by atoms with Crippen molar-refractivity contribution in [3.8, 4) is 0 Å². The maximum absolute atomic E-state index is 13.8. The Kier molecular flexibility index (Phi) is 5.69. The number of carbonyl (C=O) groups excluding carboxylic acids is 1. The molecule has 1 aliphatic rings. The lowest BCUT2D eigenvalue weighted by Crippen LogP contribution is -2.37. The fourth-order valence-electron chi connectivity index (χ4n) is 4.77. The Morgan fingerprint density at radius 2 is 1.71 bits per heavy atom. The van der Waals surface area contributed by atoms with E-state index < -0.39 is 15.9 Å². The summed E-state index contributed by atoms with van der Waals surface area (Å²) in [6.45, 7) is 7.38.